The molecule has 0 amide bonds. The van der Waals surface area contributed by atoms with E-state index in [4.69, 9.17) is 9.97 Å². The van der Waals surface area contributed by atoms with Gasteiger partial charge in [0.25, 0.3) is 0 Å². The zero-order valence-electron chi connectivity index (χ0n) is 16.7. The van der Waals surface area contributed by atoms with Crippen LogP contribution in [0.25, 0.3) is 0 Å². The molecule has 0 bridgehead atoms. The lowest BCUT2D eigenvalue weighted by molar-refractivity contribution is 0.354. The van der Waals surface area contributed by atoms with Crippen molar-refractivity contribution in [1.29, 1.82) is 0 Å². The highest BCUT2D eigenvalue weighted by atomic mass is 32.2. The van der Waals surface area contributed by atoms with Crippen molar-refractivity contribution in [1.82, 2.24) is 14.3 Å². The lowest BCUT2D eigenvalue weighted by Gasteiger charge is -2.35. The largest absolute Gasteiger partial charge is 0.356 e. The van der Waals surface area contributed by atoms with Gasteiger partial charge in [0.2, 0.25) is 10.0 Å². The minimum atomic E-state index is -3.23. The van der Waals surface area contributed by atoms with Gasteiger partial charge >= 0.3 is 0 Å². The van der Waals surface area contributed by atoms with Crippen molar-refractivity contribution in [3.05, 3.63) is 17.1 Å². The minimum absolute atomic E-state index is 0.206. The molecule has 2 fully saturated rings. The van der Waals surface area contributed by atoms with E-state index in [-0.39, 0.29) is 6.04 Å². The molecule has 0 N–H and O–H groups in total. The predicted molar refractivity (Wildman–Crippen MR) is 107 cm³/mol. The maximum Gasteiger partial charge on any atom is 0.211 e. The summed E-state index contributed by atoms with van der Waals surface area (Å²) in [6, 6.07) is -0.206. The van der Waals surface area contributed by atoms with Gasteiger partial charge < -0.3 is 4.90 Å². The number of hydrogen-bond acceptors (Lipinski definition) is 5. The molecule has 0 unspecified atom stereocenters. The number of nitrogens with zero attached hydrogens (tertiary/aromatic N) is 4. The van der Waals surface area contributed by atoms with E-state index in [0.29, 0.717) is 12.4 Å². The topological polar surface area (TPSA) is 66.4 Å². The molecule has 0 radical (unpaired) electrons. The first-order chi connectivity index (χ1) is 12.9. The van der Waals surface area contributed by atoms with E-state index in [2.05, 4.69) is 11.8 Å². The molecular formula is C20H32N4O2S. The van der Waals surface area contributed by atoms with Crippen molar-refractivity contribution in [3.63, 3.8) is 0 Å². The fourth-order valence-electron chi connectivity index (χ4n) is 5.11. The molecule has 0 aromatic carbocycles. The third kappa shape index (κ3) is 3.99. The number of aryl methyl sites for hydroxylation is 1. The second-order valence-corrected chi connectivity index (χ2v) is 10.5. The summed E-state index contributed by atoms with van der Waals surface area (Å²) in [7, 11) is -3.23. The SMILES string of the molecule is Cc1nc([C@H]2CCCN2S(C)(=O)=O)nc2c1CCCN2CC1CCCCC1. The van der Waals surface area contributed by atoms with Crippen LogP contribution in [0.5, 0.6) is 0 Å². The third-order valence-electron chi connectivity index (χ3n) is 6.49. The quantitative estimate of drug-likeness (QED) is 0.787. The Morgan fingerprint density at radius 1 is 1.00 bits per heavy atom. The standard InChI is InChI=1S/C20H32N4O2S/c1-15-17-10-6-12-23(14-16-8-4-3-5-9-16)20(17)22-19(21-15)18-11-7-13-24(18)27(2,25)26/h16,18H,3-14H2,1-2H3/t18-/m1/s1. The zero-order valence-corrected chi connectivity index (χ0v) is 17.5. The van der Waals surface area contributed by atoms with Gasteiger partial charge in [-0.15, -0.1) is 0 Å². The Balaban J connectivity index is 1.64. The number of hydrogen-bond donors (Lipinski definition) is 0. The lowest BCUT2D eigenvalue weighted by Crippen LogP contribution is -2.37. The third-order valence-corrected chi connectivity index (χ3v) is 7.78. The van der Waals surface area contributed by atoms with Crippen LogP contribution >= 0.6 is 0 Å². The monoisotopic (exact) mass is 392 g/mol. The van der Waals surface area contributed by atoms with Crippen LogP contribution in [-0.2, 0) is 16.4 Å². The van der Waals surface area contributed by atoms with E-state index in [1.807, 2.05) is 0 Å². The number of sulfonamides is 1. The second kappa shape index (κ2) is 7.66. The Kier molecular flexibility index (Phi) is 5.43. The Morgan fingerprint density at radius 3 is 2.52 bits per heavy atom. The highest BCUT2D eigenvalue weighted by Gasteiger charge is 2.36. The summed E-state index contributed by atoms with van der Waals surface area (Å²) in [4.78, 5) is 12.2. The molecule has 1 saturated heterocycles. The minimum Gasteiger partial charge on any atom is -0.356 e. The summed E-state index contributed by atoms with van der Waals surface area (Å²) in [6.07, 6.45) is 11.9. The average Bonchev–Trinajstić information content (AvgIpc) is 3.13. The summed E-state index contributed by atoms with van der Waals surface area (Å²) in [5.74, 6) is 2.54. The van der Waals surface area contributed by atoms with Crippen molar-refractivity contribution < 1.29 is 8.42 Å². The Labute approximate surface area is 163 Å². The van der Waals surface area contributed by atoms with Crippen LogP contribution in [0.4, 0.5) is 5.82 Å². The first-order valence-electron chi connectivity index (χ1n) is 10.5. The second-order valence-electron chi connectivity index (χ2n) is 8.55. The molecule has 27 heavy (non-hydrogen) atoms. The lowest BCUT2D eigenvalue weighted by atomic mass is 9.88. The van der Waals surface area contributed by atoms with Gasteiger partial charge in [-0.25, -0.2) is 18.4 Å². The van der Waals surface area contributed by atoms with Gasteiger partial charge in [0.05, 0.1) is 12.3 Å². The molecular weight excluding hydrogens is 360 g/mol. The Hall–Kier alpha value is -1.21. The highest BCUT2D eigenvalue weighted by molar-refractivity contribution is 7.88. The summed E-state index contributed by atoms with van der Waals surface area (Å²) in [5, 5.41) is 0. The summed E-state index contributed by atoms with van der Waals surface area (Å²) < 4.78 is 25.9. The predicted octanol–water partition coefficient (Wildman–Crippen LogP) is 3.21. The molecule has 1 saturated carbocycles. The van der Waals surface area contributed by atoms with Crippen molar-refractivity contribution in [3.8, 4) is 0 Å². The van der Waals surface area contributed by atoms with Crippen LogP contribution in [0.3, 0.4) is 0 Å². The van der Waals surface area contributed by atoms with Crippen molar-refractivity contribution in [2.75, 3.05) is 30.8 Å². The maximum atomic E-state index is 12.2. The Bertz CT molecular complexity index is 789. The molecule has 1 aromatic heterocycles. The first-order valence-corrected chi connectivity index (χ1v) is 12.4. The van der Waals surface area contributed by atoms with Gasteiger partial charge in [-0.3, -0.25) is 0 Å². The van der Waals surface area contributed by atoms with Crippen LogP contribution in [0.2, 0.25) is 0 Å². The molecule has 4 rings (SSSR count). The van der Waals surface area contributed by atoms with Crippen molar-refractivity contribution in [2.24, 2.45) is 5.92 Å². The van der Waals surface area contributed by atoms with Crippen LogP contribution < -0.4 is 4.90 Å². The summed E-state index contributed by atoms with van der Waals surface area (Å²) >= 11 is 0. The average molecular weight is 393 g/mol. The van der Waals surface area contributed by atoms with Gasteiger partial charge in [0.1, 0.15) is 11.6 Å². The highest BCUT2D eigenvalue weighted by Crippen LogP contribution is 2.36. The van der Waals surface area contributed by atoms with Crippen LogP contribution in [0.1, 0.15) is 74.5 Å². The smallest absolute Gasteiger partial charge is 0.211 e. The normalized spacial score (nSPS) is 25.0. The molecule has 6 nitrogen and oxygen atoms in total. The van der Waals surface area contributed by atoms with Gasteiger partial charge in [0, 0.05) is 30.9 Å². The van der Waals surface area contributed by atoms with Crippen LogP contribution in [-0.4, -0.2) is 48.6 Å². The molecule has 0 spiro atoms. The van der Waals surface area contributed by atoms with Gasteiger partial charge in [-0.05, 0) is 51.4 Å². The molecule has 1 aromatic rings. The fraction of sp³-hybridized carbons (Fsp3) is 0.800. The molecule has 1 aliphatic carbocycles. The van der Waals surface area contributed by atoms with E-state index < -0.39 is 10.0 Å². The maximum absolute atomic E-state index is 12.2. The summed E-state index contributed by atoms with van der Waals surface area (Å²) in [6.45, 7) is 4.78. The molecule has 7 heteroatoms. The molecule has 2 aliphatic heterocycles. The molecule has 3 heterocycles. The van der Waals surface area contributed by atoms with E-state index >= 15 is 0 Å². The van der Waals surface area contributed by atoms with Crippen LogP contribution in [0, 0.1) is 12.8 Å². The van der Waals surface area contributed by atoms with E-state index in [9.17, 15) is 8.42 Å². The molecule has 150 valence electrons. The van der Waals surface area contributed by atoms with E-state index in [1.54, 1.807) is 4.31 Å². The van der Waals surface area contributed by atoms with Crippen molar-refractivity contribution >= 4 is 15.8 Å². The van der Waals surface area contributed by atoms with Gasteiger partial charge in [-0.1, -0.05) is 19.3 Å². The van der Waals surface area contributed by atoms with Crippen LogP contribution in [0.15, 0.2) is 0 Å². The number of rotatable bonds is 4. The number of fused-ring (bicyclic) bond motifs is 1. The fourth-order valence-corrected chi connectivity index (χ4v) is 6.23. The number of anilines is 1. The summed E-state index contributed by atoms with van der Waals surface area (Å²) in [5.41, 5.74) is 2.30. The molecule has 3 aliphatic rings. The Morgan fingerprint density at radius 2 is 1.78 bits per heavy atom. The van der Waals surface area contributed by atoms with E-state index in [0.717, 1.165) is 56.2 Å². The number of aromatic nitrogens is 2. The molecule has 1 atom stereocenters. The zero-order chi connectivity index (χ0) is 19.0. The first kappa shape index (κ1) is 19.1. The van der Waals surface area contributed by atoms with Gasteiger partial charge in [-0.2, -0.15) is 4.31 Å². The van der Waals surface area contributed by atoms with Gasteiger partial charge in [0.15, 0.2) is 0 Å². The van der Waals surface area contributed by atoms with E-state index in [1.165, 1.54) is 43.9 Å². The van der Waals surface area contributed by atoms with Crippen molar-refractivity contribution in [2.45, 2.75) is 70.8 Å².